The molecule has 2 unspecified atom stereocenters. The SMILES string of the molecule is CNC(C)C(C)(CCl)c1ccc2sccc2c1. The zero-order chi connectivity index (χ0) is 12.5. The van der Waals surface area contributed by atoms with E-state index in [1.165, 1.54) is 15.6 Å². The molecule has 1 aromatic carbocycles. The van der Waals surface area contributed by atoms with Gasteiger partial charge in [-0.1, -0.05) is 13.0 Å². The van der Waals surface area contributed by atoms with Crippen molar-refractivity contribution in [2.24, 2.45) is 0 Å². The number of rotatable bonds is 4. The van der Waals surface area contributed by atoms with Gasteiger partial charge in [0.25, 0.3) is 0 Å². The molecule has 0 spiro atoms. The summed E-state index contributed by atoms with van der Waals surface area (Å²) in [6, 6.07) is 9.18. The third-order valence-corrected chi connectivity index (χ3v) is 5.23. The van der Waals surface area contributed by atoms with Crippen LogP contribution in [0, 0.1) is 0 Å². The lowest BCUT2D eigenvalue weighted by atomic mass is 9.78. The number of thiophene rings is 1. The lowest BCUT2D eigenvalue weighted by molar-refractivity contribution is 0.388. The first kappa shape index (κ1) is 12.9. The van der Waals surface area contributed by atoms with Gasteiger partial charge in [0, 0.05) is 22.0 Å². The van der Waals surface area contributed by atoms with Crippen LogP contribution in [-0.2, 0) is 5.41 Å². The highest BCUT2D eigenvalue weighted by atomic mass is 35.5. The minimum Gasteiger partial charge on any atom is -0.316 e. The zero-order valence-corrected chi connectivity index (χ0v) is 12.0. The number of halogens is 1. The van der Waals surface area contributed by atoms with Gasteiger partial charge in [-0.05, 0) is 48.5 Å². The van der Waals surface area contributed by atoms with Crippen molar-refractivity contribution in [2.45, 2.75) is 25.3 Å². The lowest BCUT2D eigenvalue weighted by Crippen LogP contribution is -2.44. The Bertz CT molecular complexity index is 508. The van der Waals surface area contributed by atoms with E-state index in [1.54, 1.807) is 11.3 Å². The predicted molar refractivity (Wildman–Crippen MR) is 78.4 cm³/mol. The summed E-state index contributed by atoms with van der Waals surface area (Å²) in [5.74, 6) is 0.616. The Morgan fingerprint density at radius 3 is 2.82 bits per heavy atom. The fourth-order valence-corrected chi connectivity index (χ4v) is 3.24. The van der Waals surface area contributed by atoms with Gasteiger partial charge in [0.05, 0.1) is 0 Å². The van der Waals surface area contributed by atoms with Crippen LogP contribution in [0.2, 0.25) is 0 Å². The Morgan fingerprint density at radius 2 is 2.18 bits per heavy atom. The highest BCUT2D eigenvalue weighted by molar-refractivity contribution is 7.17. The maximum atomic E-state index is 6.20. The minimum absolute atomic E-state index is 0.0353. The molecule has 1 nitrogen and oxygen atoms in total. The molecule has 0 fully saturated rings. The van der Waals surface area contributed by atoms with Gasteiger partial charge in [0.2, 0.25) is 0 Å². The first-order valence-corrected chi connectivity index (χ1v) is 7.24. The van der Waals surface area contributed by atoms with Gasteiger partial charge >= 0.3 is 0 Å². The molecule has 0 aliphatic rings. The number of benzene rings is 1. The number of alkyl halides is 1. The van der Waals surface area contributed by atoms with Crippen LogP contribution in [0.25, 0.3) is 10.1 Å². The van der Waals surface area contributed by atoms with E-state index in [0.717, 1.165) is 0 Å². The quantitative estimate of drug-likeness (QED) is 0.826. The van der Waals surface area contributed by atoms with Crippen molar-refractivity contribution in [2.75, 3.05) is 12.9 Å². The van der Waals surface area contributed by atoms with Gasteiger partial charge in [0.15, 0.2) is 0 Å². The Kier molecular flexibility index (Phi) is 3.76. The molecule has 1 N–H and O–H groups in total. The Hall–Kier alpha value is -0.570. The Labute approximate surface area is 112 Å². The highest BCUT2D eigenvalue weighted by Crippen LogP contribution is 2.32. The van der Waals surface area contributed by atoms with Crippen LogP contribution in [0.3, 0.4) is 0 Å². The molecule has 0 aliphatic heterocycles. The minimum atomic E-state index is -0.0353. The second kappa shape index (κ2) is 4.97. The van der Waals surface area contributed by atoms with Crippen molar-refractivity contribution in [3.8, 4) is 0 Å². The molecule has 1 heterocycles. The van der Waals surface area contributed by atoms with Crippen LogP contribution in [0.5, 0.6) is 0 Å². The van der Waals surface area contributed by atoms with E-state index >= 15 is 0 Å². The fraction of sp³-hybridized carbons (Fsp3) is 0.429. The molecule has 2 rings (SSSR count). The fourth-order valence-electron chi connectivity index (χ4n) is 2.08. The summed E-state index contributed by atoms with van der Waals surface area (Å²) in [7, 11) is 1.98. The maximum absolute atomic E-state index is 6.20. The Balaban J connectivity index is 2.48. The van der Waals surface area contributed by atoms with Crippen molar-refractivity contribution in [3.05, 3.63) is 35.2 Å². The molecule has 0 aliphatic carbocycles. The largest absolute Gasteiger partial charge is 0.316 e. The standard InChI is InChI=1S/C14H18ClNS/c1-10(16-3)14(2,9-15)12-4-5-13-11(8-12)6-7-17-13/h4-8,10,16H,9H2,1-3H3. The second-order valence-corrected chi connectivity index (χ2v) is 5.95. The van der Waals surface area contributed by atoms with Crippen LogP contribution < -0.4 is 5.32 Å². The summed E-state index contributed by atoms with van der Waals surface area (Å²) < 4.78 is 1.34. The van der Waals surface area contributed by atoms with Gasteiger partial charge in [0.1, 0.15) is 0 Å². The first-order valence-electron chi connectivity index (χ1n) is 5.83. The van der Waals surface area contributed by atoms with Crippen LogP contribution in [0.4, 0.5) is 0 Å². The Morgan fingerprint density at radius 1 is 1.41 bits per heavy atom. The second-order valence-electron chi connectivity index (χ2n) is 4.73. The summed E-state index contributed by atoms with van der Waals surface area (Å²) in [6.07, 6.45) is 0. The van der Waals surface area contributed by atoms with Crippen molar-refractivity contribution in [1.82, 2.24) is 5.32 Å². The number of hydrogen-bond donors (Lipinski definition) is 1. The smallest absolute Gasteiger partial charge is 0.0342 e. The van der Waals surface area contributed by atoms with E-state index < -0.39 is 0 Å². The lowest BCUT2D eigenvalue weighted by Gasteiger charge is -2.34. The molecule has 0 radical (unpaired) electrons. The molecule has 17 heavy (non-hydrogen) atoms. The molecule has 92 valence electrons. The molecular weight excluding hydrogens is 250 g/mol. The van der Waals surface area contributed by atoms with Crippen molar-refractivity contribution >= 4 is 33.0 Å². The van der Waals surface area contributed by atoms with Crippen molar-refractivity contribution in [3.63, 3.8) is 0 Å². The average molecular weight is 268 g/mol. The van der Waals surface area contributed by atoms with E-state index in [-0.39, 0.29) is 5.41 Å². The maximum Gasteiger partial charge on any atom is 0.0342 e. The van der Waals surface area contributed by atoms with Crippen LogP contribution in [0.15, 0.2) is 29.6 Å². The molecule has 0 bridgehead atoms. The third kappa shape index (κ3) is 2.22. The van der Waals surface area contributed by atoms with Gasteiger partial charge in [-0.15, -0.1) is 22.9 Å². The number of hydrogen-bond acceptors (Lipinski definition) is 2. The normalized spacial score (nSPS) is 16.9. The molecule has 2 aromatic rings. The molecule has 0 saturated carbocycles. The van der Waals surface area contributed by atoms with E-state index in [0.29, 0.717) is 11.9 Å². The molecule has 1 aromatic heterocycles. The molecular formula is C14H18ClNS. The van der Waals surface area contributed by atoms with Gasteiger partial charge in [-0.3, -0.25) is 0 Å². The number of nitrogens with one attached hydrogen (secondary N) is 1. The van der Waals surface area contributed by atoms with Crippen LogP contribution >= 0.6 is 22.9 Å². The van der Waals surface area contributed by atoms with E-state index in [4.69, 9.17) is 11.6 Å². The molecule has 0 amide bonds. The van der Waals surface area contributed by atoms with Crippen molar-refractivity contribution < 1.29 is 0 Å². The molecule has 2 atom stereocenters. The van der Waals surface area contributed by atoms with Gasteiger partial charge < -0.3 is 5.32 Å². The monoisotopic (exact) mass is 267 g/mol. The number of likely N-dealkylation sites (N-methyl/N-ethyl adjacent to an activating group) is 1. The highest BCUT2D eigenvalue weighted by Gasteiger charge is 2.31. The molecule has 0 saturated heterocycles. The summed E-state index contributed by atoms with van der Waals surface area (Å²) in [5.41, 5.74) is 1.27. The number of fused-ring (bicyclic) bond motifs is 1. The van der Waals surface area contributed by atoms with Crippen LogP contribution in [0.1, 0.15) is 19.4 Å². The van der Waals surface area contributed by atoms with Crippen molar-refractivity contribution in [1.29, 1.82) is 0 Å². The summed E-state index contributed by atoms with van der Waals surface area (Å²) >= 11 is 7.98. The van der Waals surface area contributed by atoms with E-state index in [2.05, 4.69) is 48.8 Å². The summed E-state index contributed by atoms with van der Waals surface area (Å²) in [6.45, 7) is 4.40. The van der Waals surface area contributed by atoms with Crippen LogP contribution in [-0.4, -0.2) is 19.0 Å². The van der Waals surface area contributed by atoms with E-state index in [9.17, 15) is 0 Å². The van der Waals surface area contributed by atoms with E-state index in [1.807, 2.05) is 7.05 Å². The average Bonchev–Trinajstić information content (AvgIpc) is 2.83. The predicted octanol–water partition coefficient (Wildman–Crippen LogP) is 4.01. The van der Waals surface area contributed by atoms with Gasteiger partial charge in [-0.25, -0.2) is 0 Å². The summed E-state index contributed by atoms with van der Waals surface area (Å²) in [5, 5.41) is 6.76. The zero-order valence-electron chi connectivity index (χ0n) is 10.5. The van der Waals surface area contributed by atoms with Gasteiger partial charge in [-0.2, -0.15) is 0 Å². The molecule has 3 heteroatoms. The first-order chi connectivity index (χ1) is 8.11. The third-order valence-electron chi connectivity index (χ3n) is 3.78. The topological polar surface area (TPSA) is 12.0 Å². The summed E-state index contributed by atoms with van der Waals surface area (Å²) in [4.78, 5) is 0.